The van der Waals surface area contributed by atoms with E-state index in [1.54, 1.807) is 0 Å². The minimum Gasteiger partial charge on any atom is -0.466 e. The van der Waals surface area contributed by atoms with Crippen molar-refractivity contribution in [3.8, 4) is 0 Å². The summed E-state index contributed by atoms with van der Waals surface area (Å²) in [6.07, 6.45) is 0.470. The number of nitrogens with two attached hydrogens (primary N) is 1. The van der Waals surface area contributed by atoms with Crippen molar-refractivity contribution in [2.24, 2.45) is 5.73 Å². The zero-order valence-electron chi connectivity index (χ0n) is 8.10. The number of carbonyl (C=O) groups excluding carboxylic acids is 1. The van der Waals surface area contributed by atoms with Crippen molar-refractivity contribution >= 4 is 5.97 Å². The number of ether oxygens (including phenoxy) is 1. The third-order valence-electron chi connectivity index (χ3n) is 2.11. The molecule has 4 nitrogen and oxygen atoms in total. The minimum absolute atomic E-state index is 0.319. The maximum Gasteiger partial charge on any atom is 0.335 e. The highest BCUT2D eigenvalue weighted by molar-refractivity contribution is 5.90. The van der Waals surface area contributed by atoms with Crippen LogP contribution in [0.25, 0.3) is 0 Å². The lowest BCUT2D eigenvalue weighted by molar-refractivity contribution is -0.136. The van der Waals surface area contributed by atoms with Crippen molar-refractivity contribution in [3.63, 3.8) is 0 Å². The number of hydrogen-bond acceptors (Lipinski definition) is 4. The van der Waals surface area contributed by atoms with Crippen LogP contribution in [0.15, 0.2) is 22.7 Å². The third-order valence-corrected chi connectivity index (χ3v) is 2.11. The van der Waals surface area contributed by atoms with E-state index in [9.17, 15) is 4.79 Å². The smallest absolute Gasteiger partial charge is 0.335 e. The summed E-state index contributed by atoms with van der Waals surface area (Å²) in [7, 11) is 1.37. The molecule has 0 saturated heterocycles. The lowest BCUT2D eigenvalue weighted by atomic mass is 10.0. The zero-order valence-corrected chi connectivity index (χ0v) is 8.10. The fraction of sp³-hybridized carbons (Fsp3) is 0.444. The topological polar surface area (TPSA) is 64.3 Å². The molecule has 0 saturated carbocycles. The number of hydrogen-bond donors (Lipinski definition) is 2. The second kappa shape index (κ2) is 3.51. The molecule has 72 valence electrons. The SMILES string of the molecule is COC(=O)C1=C(C)NC(C)=C(N)C1. The summed E-state index contributed by atoms with van der Waals surface area (Å²) < 4.78 is 4.63. The number of carbonyl (C=O) groups is 1. The van der Waals surface area contributed by atoms with Gasteiger partial charge in [-0.3, -0.25) is 0 Å². The van der Waals surface area contributed by atoms with E-state index in [1.165, 1.54) is 7.11 Å². The fourth-order valence-electron chi connectivity index (χ4n) is 1.24. The number of methoxy groups -OCH3 is 1. The molecule has 0 aromatic carbocycles. The van der Waals surface area contributed by atoms with Gasteiger partial charge < -0.3 is 15.8 Å². The second-order valence-electron chi connectivity index (χ2n) is 3.05. The van der Waals surface area contributed by atoms with Gasteiger partial charge in [-0.2, -0.15) is 0 Å². The van der Waals surface area contributed by atoms with Gasteiger partial charge in [0.1, 0.15) is 0 Å². The van der Waals surface area contributed by atoms with Crippen LogP contribution in [0.2, 0.25) is 0 Å². The molecule has 0 aromatic rings. The number of nitrogens with one attached hydrogen (secondary N) is 1. The molecule has 0 unspecified atom stereocenters. The first-order chi connectivity index (χ1) is 6.06. The van der Waals surface area contributed by atoms with Gasteiger partial charge in [-0.05, 0) is 13.8 Å². The Morgan fingerprint density at radius 1 is 1.46 bits per heavy atom. The van der Waals surface area contributed by atoms with Gasteiger partial charge in [-0.25, -0.2) is 4.79 Å². The van der Waals surface area contributed by atoms with E-state index in [1.807, 2.05) is 13.8 Å². The molecule has 1 aliphatic rings. The Kier molecular flexibility index (Phi) is 2.60. The summed E-state index contributed by atoms with van der Waals surface area (Å²) in [5.41, 5.74) is 8.71. The lowest BCUT2D eigenvalue weighted by Gasteiger charge is -2.20. The maximum absolute atomic E-state index is 11.2. The number of allylic oxidation sites excluding steroid dienone is 3. The van der Waals surface area contributed by atoms with Crippen LogP contribution in [0, 0.1) is 0 Å². The highest BCUT2D eigenvalue weighted by Crippen LogP contribution is 2.19. The first-order valence-electron chi connectivity index (χ1n) is 4.06. The van der Waals surface area contributed by atoms with E-state index in [-0.39, 0.29) is 5.97 Å². The highest BCUT2D eigenvalue weighted by atomic mass is 16.5. The van der Waals surface area contributed by atoms with Gasteiger partial charge in [0.05, 0.1) is 12.7 Å². The lowest BCUT2D eigenvalue weighted by Crippen LogP contribution is -2.25. The normalized spacial score (nSPS) is 17.2. The average Bonchev–Trinajstić information content (AvgIpc) is 2.10. The Balaban J connectivity index is 2.89. The molecule has 0 bridgehead atoms. The molecule has 0 spiro atoms. The van der Waals surface area contributed by atoms with Crippen molar-refractivity contribution in [1.82, 2.24) is 5.32 Å². The zero-order chi connectivity index (χ0) is 10.0. The van der Waals surface area contributed by atoms with E-state index in [0.29, 0.717) is 17.7 Å². The second-order valence-corrected chi connectivity index (χ2v) is 3.05. The van der Waals surface area contributed by atoms with Crippen LogP contribution in [0.1, 0.15) is 20.3 Å². The van der Waals surface area contributed by atoms with Gasteiger partial charge in [0.15, 0.2) is 0 Å². The van der Waals surface area contributed by atoms with Gasteiger partial charge in [-0.15, -0.1) is 0 Å². The number of esters is 1. The predicted octanol–water partition coefficient (Wildman–Crippen LogP) is 0.617. The van der Waals surface area contributed by atoms with Gasteiger partial charge in [0.2, 0.25) is 0 Å². The molecule has 1 rings (SSSR count). The molecule has 0 aliphatic carbocycles. The standard InChI is InChI=1S/C9H14N2O2/c1-5-7(9(12)13-3)4-8(10)6(2)11-5/h11H,4,10H2,1-3H3. The largest absolute Gasteiger partial charge is 0.466 e. The summed E-state index contributed by atoms with van der Waals surface area (Å²) in [6.45, 7) is 3.72. The summed E-state index contributed by atoms with van der Waals surface area (Å²) in [6, 6.07) is 0. The monoisotopic (exact) mass is 182 g/mol. The molecule has 3 N–H and O–H groups in total. The molecular weight excluding hydrogens is 168 g/mol. The quantitative estimate of drug-likeness (QED) is 0.583. The van der Waals surface area contributed by atoms with Crippen molar-refractivity contribution in [2.75, 3.05) is 7.11 Å². The van der Waals surface area contributed by atoms with E-state index < -0.39 is 0 Å². The molecule has 0 atom stereocenters. The van der Waals surface area contributed by atoms with E-state index in [0.717, 1.165) is 11.4 Å². The average molecular weight is 182 g/mol. The van der Waals surface area contributed by atoms with E-state index in [2.05, 4.69) is 10.1 Å². The van der Waals surface area contributed by atoms with Gasteiger partial charge >= 0.3 is 5.97 Å². The maximum atomic E-state index is 11.2. The fourth-order valence-corrected chi connectivity index (χ4v) is 1.24. The molecule has 0 fully saturated rings. The molecule has 0 aromatic heterocycles. The summed E-state index contributed by atoms with van der Waals surface area (Å²) in [5, 5.41) is 3.03. The predicted molar refractivity (Wildman–Crippen MR) is 49.4 cm³/mol. The Bertz CT molecular complexity index is 303. The molecule has 4 heteroatoms. The van der Waals surface area contributed by atoms with Crippen molar-refractivity contribution in [2.45, 2.75) is 20.3 Å². The minimum atomic E-state index is -0.319. The van der Waals surface area contributed by atoms with E-state index >= 15 is 0 Å². The Morgan fingerprint density at radius 3 is 2.62 bits per heavy atom. The number of rotatable bonds is 1. The summed E-state index contributed by atoms with van der Waals surface area (Å²) >= 11 is 0. The summed E-state index contributed by atoms with van der Waals surface area (Å²) in [5.74, 6) is -0.319. The van der Waals surface area contributed by atoms with Gasteiger partial charge in [-0.1, -0.05) is 0 Å². The Morgan fingerprint density at radius 2 is 2.08 bits per heavy atom. The Labute approximate surface area is 77.4 Å². The molecule has 1 aliphatic heterocycles. The summed E-state index contributed by atoms with van der Waals surface area (Å²) in [4.78, 5) is 11.2. The van der Waals surface area contributed by atoms with Crippen molar-refractivity contribution in [1.29, 1.82) is 0 Å². The molecule has 0 amide bonds. The van der Waals surface area contributed by atoms with E-state index in [4.69, 9.17) is 5.73 Å². The van der Waals surface area contributed by atoms with Crippen molar-refractivity contribution < 1.29 is 9.53 Å². The van der Waals surface area contributed by atoms with Crippen LogP contribution in [0.3, 0.4) is 0 Å². The first-order valence-corrected chi connectivity index (χ1v) is 4.06. The van der Waals surface area contributed by atoms with Crippen molar-refractivity contribution in [3.05, 3.63) is 22.7 Å². The van der Waals surface area contributed by atoms with Crippen LogP contribution in [0.5, 0.6) is 0 Å². The molecule has 1 heterocycles. The molecular formula is C9H14N2O2. The molecule has 13 heavy (non-hydrogen) atoms. The van der Waals surface area contributed by atoms with Crippen LogP contribution >= 0.6 is 0 Å². The van der Waals surface area contributed by atoms with Crippen LogP contribution in [0.4, 0.5) is 0 Å². The highest BCUT2D eigenvalue weighted by Gasteiger charge is 2.19. The third kappa shape index (κ3) is 1.83. The Hall–Kier alpha value is -1.45. The van der Waals surface area contributed by atoms with Crippen LogP contribution in [-0.2, 0) is 9.53 Å². The first kappa shape index (κ1) is 9.64. The van der Waals surface area contributed by atoms with Crippen LogP contribution < -0.4 is 11.1 Å². The van der Waals surface area contributed by atoms with Crippen LogP contribution in [-0.4, -0.2) is 13.1 Å². The van der Waals surface area contributed by atoms with Gasteiger partial charge in [0.25, 0.3) is 0 Å². The number of dihydropyridines is 1. The molecule has 0 radical (unpaired) electrons. The van der Waals surface area contributed by atoms with Gasteiger partial charge in [0, 0.05) is 23.5 Å².